The first-order valence-corrected chi connectivity index (χ1v) is 7.46. The summed E-state index contributed by atoms with van der Waals surface area (Å²) >= 11 is 5.19. The molecule has 1 aliphatic carbocycles. The van der Waals surface area contributed by atoms with Crippen LogP contribution in [0.4, 0.5) is 0 Å². The lowest BCUT2D eigenvalue weighted by atomic mass is 9.86. The van der Waals surface area contributed by atoms with E-state index >= 15 is 0 Å². The van der Waals surface area contributed by atoms with Crippen LogP contribution in [0, 0.1) is 5.92 Å². The van der Waals surface area contributed by atoms with Gasteiger partial charge in [0, 0.05) is 17.5 Å². The predicted molar refractivity (Wildman–Crippen MR) is 72.2 cm³/mol. The standard InChI is InChI=1S/C12H16BrNO2S/c13-11-6-5-10(17-11)7-14-9-3-1-8(2-4-9)12(15)16/h5-6,8-9,14H,1-4,7H2,(H,15,16). The molecule has 2 rings (SSSR count). The Kier molecular flexibility index (Phi) is 4.59. The summed E-state index contributed by atoms with van der Waals surface area (Å²) < 4.78 is 1.16. The molecule has 0 amide bonds. The number of nitrogens with one attached hydrogen (secondary N) is 1. The molecule has 3 nitrogen and oxygen atoms in total. The minimum absolute atomic E-state index is 0.121. The SMILES string of the molecule is O=C(O)C1CCC(NCc2ccc(Br)s2)CC1. The maximum absolute atomic E-state index is 10.8. The fourth-order valence-electron chi connectivity index (χ4n) is 2.24. The Morgan fingerprint density at radius 1 is 1.41 bits per heavy atom. The number of halogens is 1. The van der Waals surface area contributed by atoms with Gasteiger partial charge in [0.1, 0.15) is 0 Å². The van der Waals surface area contributed by atoms with Gasteiger partial charge in [-0.2, -0.15) is 0 Å². The highest BCUT2D eigenvalue weighted by molar-refractivity contribution is 9.11. The van der Waals surface area contributed by atoms with Crippen molar-refractivity contribution in [3.05, 3.63) is 20.8 Å². The summed E-state index contributed by atoms with van der Waals surface area (Å²) in [7, 11) is 0. The number of carbonyl (C=O) groups is 1. The van der Waals surface area contributed by atoms with Gasteiger partial charge in [-0.3, -0.25) is 4.79 Å². The molecule has 1 aromatic rings. The molecule has 0 radical (unpaired) electrons. The van der Waals surface area contributed by atoms with E-state index in [0.29, 0.717) is 6.04 Å². The predicted octanol–water partition coefficient (Wildman–Crippen LogP) is 3.24. The normalized spacial score (nSPS) is 24.8. The smallest absolute Gasteiger partial charge is 0.306 e. The summed E-state index contributed by atoms with van der Waals surface area (Å²) in [6.07, 6.45) is 3.56. The third-order valence-corrected chi connectivity index (χ3v) is 4.89. The first-order valence-electron chi connectivity index (χ1n) is 5.85. The molecule has 0 spiro atoms. The second kappa shape index (κ2) is 5.98. The highest BCUT2D eigenvalue weighted by Crippen LogP contribution is 2.26. The van der Waals surface area contributed by atoms with Gasteiger partial charge < -0.3 is 10.4 Å². The Morgan fingerprint density at radius 2 is 2.12 bits per heavy atom. The minimum atomic E-state index is -0.634. The maximum atomic E-state index is 10.8. The third kappa shape index (κ3) is 3.79. The molecule has 0 saturated heterocycles. The minimum Gasteiger partial charge on any atom is -0.481 e. The molecule has 0 atom stereocenters. The van der Waals surface area contributed by atoms with Crippen molar-refractivity contribution in [3.8, 4) is 0 Å². The van der Waals surface area contributed by atoms with E-state index in [4.69, 9.17) is 5.11 Å². The van der Waals surface area contributed by atoms with E-state index in [1.165, 1.54) is 4.88 Å². The van der Waals surface area contributed by atoms with Crippen molar-refractivity contribution in [2.24, 2.45) is 5.92 Å². The van der Waals surface area contributed by atoms with E-state index in [0.717, 1.165) is 36.0 Å². The van der Waals surface area contributed by atoms with Crippen LogP contribution in [0.15, 0.2) is 15.9 Å². The van der Waals surface area contributed by atoms with Crippen LogP contribution in [-0.4, -0.2) is 17.1 Å². The zero-order valence-electron chi connectivity index (χ0n) is 9.49. The Bertz CT molecular complexity index is 386. The molecule has 0 unspecified atom stereocenters. The lowest BCUT2D eigenvalue weighted by molar-refractivity contribution is -0.142. The van der Waals surface area contributed by atoms with Crippen LogP contribution in [0.3, 0.4) is 0 Å². The zero-order valence-corrected chi connectivity index (χ0v) is 11.9. The second-order valence-corrected chi connectivity index (χ2v) is 7.02. The average Bonchev–Trinajstić information content (AvgIpc) is 2.73. The van der Waals surface area contributed by atoms with Gasteiger partial charge in [0.05, 0.1) is 9.70 Å². The molecular weight excluding hydrogens is 302 g/mol. The molecule has 5 heteroatoms. The van der Waals surface area contributed by atoms with Crippen molar-refractivity contribution in [2.45, 2.75) is 38.3 Å². The van der Waals surface area contributed by atoms with E-state index in [2.05, 4.69) is 33.4 Å². The van der Waals surface area contributed by atoms with Crippen molar-refractivity contribution in [1.82, 2.24) is 5.32 Å². The van der Waals surface area contributed by atoms with Gasteiger partial charge in [-0.1, -0.05) is 0 Å². The van der Waals surface area contributed by atoms with Gasteiger partial charge in [0.2, 0.25) is 0 Å². The first kappa shape index (κ1) is 13.1. The van der Waals surface area contributed by atoms with Crippen LogP contribution in [0.25, 0.3) is 0 Å². The van der Waals surface area contributed by atoms with Gasteiger partial charge in [-0.25, -0.2) is 0 Å². The summed E-state index contributed by atoms with van der Waals surface area (Å²) in [6.45, 7) is 0.888. The molecule has 1 fully saturated rings. The number of carboxylic acid groups (broad SMARTS) is 1. The van der Waals surface area contributed by atoms with Gasteiger partial charge in [-0.15, -0.1) is 11.3 Å². The maximum Gasteiger partial charge on any atom is 0.306 e. The molecule has 1 aliphatic rings. The van der Waals surface area contributed by atoms with E-state index < -0.39 is 5.97 Å². The lowest BCUT2D eigenvalue weighted by Gasteiger charge is -2.26. The topological polar surface area (TPSA) is 49.3 Å². The monoisotopic (exact) mass is 317 g/mol. The van der Waals surface area contributed by atoms with Crippen LogP contribution < -0.4 is 5.32 Å². The number of hydrogen-bond donors (Lipinski definition) is 2. The third-order valence-electron chi connectivity index (χ3n) is 3.27. The number of thiophene rings is 1. The average molecular weight is 318 g/mol. The Morgan fingerprint density at radius 3 is 2.65 bits per heavy atom. The molecule has 0 bridgehead atoms. The molecule has 94 valence electrons. The van der Waals surface area contributed by atoms with Crippen molar-refractivity contribution in [1.29, 1.82) is 0 Å². The van der Waals surface area contributed by atoms with Crippen LogP contribution in [-0.2, 0) is 11.3 Å². The molecule has 1 heterocycles. The van der Waals surface area contributed by atoms with Crippen LogP contribution in [0.1, 0.15) is 30.6 Å². The van der Waals surface area contributed by atoms with E-state index in [1.54, 1.807) is 11.3 Å². The Hall–Kier alpha value is -0.390. The highest BCUT2D eigenvalue weighted by Gasteiger charge is 2.25. The van der Waals surface area contributed by atoms with E-state index in [-0.39, 0.29) is 5.92 Å². The Balaban J connectivity index is 1.73. The Labute approximate surface area is 113 Å². The highest BCUT2D eigenvalue weighted by atomic mass is 79.9. The lowest BCUT2D eigenvalue weighted by Crippen LogP contribution is -2.34. The van der Waals surface area contributed by atoms with Crippen LogP contribution in [0.2, 0.25) is 0 Å². The number of carboxylic acids is 1. The van der Waals surface area contributed by atoms with E-state index in [1.807, 2.05) is 0 Å². The van der Waals surface area contributed by atoms with Crippen molar-refractivity contribution in [2.75, 3.05) is 0 Å². The van der Waals surface area contributed by atoms with Gasteiger partial charge in [0.15, 0.2) is 0 Å². The van der Waals surface area contributed by atoms with Gasteiger partial charge in [-0.05, 0) is 53.7 Å². The summed E-state index contributed by atoms with van der Waals surface area (Å²) in [4.78, 5) is 12.1. The summed E-state index contributed by atoms with van der Waals surface area (Å²) in [5.74, 6) is -0.755. The number of hydrogen-bond acceptors (Lipinski definition) is 3. The summed E-state index contributed by atoms with van der Waals surface area (Å²) in [5.41, 5.74) is 0. The van der Waals surface area contributed by atoms with Crippen LogP contribution in [0.5, 0.6) is 0 Å². The first-order chi connectivity index (χ1) is 8.15. The van der Waals surface area contributed by atoms with Gasteiger partial charge in [0.25, 0.3) is 0 Å². The fraction of sp³-hybridized carbons (Fsp3) is 0.583. The summed E-state index contributed by atoms with van der Waals surface area (Å²) in [6, 6.07) is 4.65. The van der Waals surface area contributed by atoms with Crippen molar-refractivity contribution < 1.29 is 9.90 Å². The number of aliphatic carboxylic acids is 1. The van der Waals surface area contributed by atoms with Crippen molar-refractivity contribution >= 4 is 33.2 Å². The number of rotatable bonds is 4. The quantitative estimate of drug-likeness (QED) is 0.896. The molecule has 0 aliphatic heterocycles. The second-order valence-electron chi connectivity index (χ2n) is 4.47. The molecule has 2 N–H and O–H groups in total. The largest absolute Gasteiger partial charge is 0.481 e. The molecule has 1 saturated carbocycles. The molecular formula is C12H16BrNO2S. The fourth-order valence-corrected chi connectivity index (χ4v) is 3.67. The van der Waals surface area contributed by atoms with Gasteiger partial charge >= 0.3 is 5.97 Å². The van der Waals surface area contributed by atoms with Crippen LogP contribution >= 0.6 is 27.3 Å². The zero-order chi connectivity index (χ0) is 12.3. The molecule has 0 aromatic carbocycles. The summed E-state index contributed by atoms with van der Waals surface area (Å²) in [5, 5.41) is 12.4. The van der Waals surface area contributed by atoms with E-state index in [9.17, 15) is 4.79 Å². The molecule has 17 heavy (non-hydrogen) atoms. The molecule has 1 aromatic heterocycles. The van der Waals surface area contributed by atoms with Crippen molar-refractivity contribution in [3.63, 3.8) is 0 Å².